The number of aryl methyl sites for hydroxylation is 1. The molecule has 0 radical (unpaired) electrons. The number of nitrogens with one attached hydrogen (secondary N) is 1. The van der Waals surface area contributed by atoms with Crippen molar-refractivity contribution in [3.8, 4) is 0 Å². The quantitative estimate of drug-likeness (QED) is 0.586. The molecular weight excluding hydrogens is 404 g/mol. The monoisotopic (exact) mass is 412 g/mol. The molecule has 0 aliphatic carbocycles. The minimum absolute atomic E-state index is 0.0248. The number of carbonyl (C=O) groups excluding carboxylic acids is 1. The summed E-state index contributed by atoms with van der Waals surface area (Å²) in [5.41, 5.74) is 1.35. The normalized spacial score (nSPS) is 10.2. The molecule has 0 fully saturated rings. The second-order valence-corrected chi connectivity index (χ2v) is 6.20. The molecule has 0 aromatic heterocycles. The summed E-state index contributed by atoms with van der Waals surface area (Å²) in [6.45, 7) is 1.65. The van der Waals surface area contributed by atoms with E-state index in [-0.39, 0.29) is 11.6 Å². The first-order valence-corrected chi connectivity index (χ1v) is 7.48. The zero-order valence-corrected chi connectivity index (χ0v) is 14.1. The van der Waals surface area contributed by atoms with Crippen LogP contribution in [0.1, 0.15) is 15.9 Å². The maximum atomic E-state index is 12.2. The third kappa shape index (κ3) is 3.89. The van der Waals surface area contributed by atoms with E-state index in [9.17, 15) is 14.9 Å². The third-order valence-corrected chi connectivity index (χ3v) is 3.70. The fourth-order valence-electron chi connectivity index (χ4n) is 1.77. The maximum Gasteiger partial charge on any atom is 0.274 e. The van der Waals surface area contributed by atoms with Gasteiger partial charge in [0.05, 0.1) is 4.92 Å². The summed E-state index contributed by atoms with van der Waals surface area (Å²) >= 11 is 6.62. The van der Waals surface area contributed by atoms with Crippen LogP contribution >= 0.6 is 31.9 Å². The number of nitrogens with zero attached hydrogens (tertiary/aromatic N) is 1. The van der Waals surface area contributed by atoms with Gasteiger partial charge in [0.1, 0.15) is 0 Å². The first kappa shape index (κ1) is 15.7. The van der Waals surface area contributed by atoms with Crippen molar-refractivity contribution in [3.63, 3.8) is 0 Å². The lowest BCUT2D eigenvalue weighted by atomic mass is 10.1. The van der Waals surface area contributed by atoms with E-state index in [1.807, 2.05) is 6.07 Å². The Bertz CT molecular complexity index is 712. The van der Waals surface area contributed by atoms with Crippen molar-refractivity contribution in [2.75, 3.05) is 5.32 Å². The second kappa shape index (κ2) is 6.36. The van der Waals surface area contributed by atoms with E-state index in [1.54, 1.807) is 31.2 Å². The van der Waals surface area contributed by atoms with E-state index >= 15 is 0 Å². The number of hydrogen-bond acceptors (Lipinski definition) is 3. The van der Waals surface area contributed by atoms with Crippen LogP contribution in [0.2, 0.25) is 0 Å². The molecule has 2 rings (SSSR count). The van der Waals surface area contributed by atoms with Crippen molar-refractivity contribution in [2.45, 2.75) is 6.92 Å². The molecule has 2 aromatic rings. The van der Waals surface area contributed by atoms with E-state index in [2.05, 4.69) is 37.2 Å². The predicted octanol–water partition coefficient (Wildman–Crippen LogP) is 4.68. The van der Waals surface area contributed by atoms with Gasteiger partial charge in [-0.05, 0) is 31.2 Å². The number of nitro groups is 1. The molecule has 5 nitrogen and oxygen atoms in total. The first-order chi connectivity index (χ1) is 9.86. The lowest BCUT2D eigenvalue weighted by Crippen LogP contribution is -2.12. The van der Waals surface area contributed by atoms with Gasteiger partial charge >= 0.3 is 0 Å². The fourth-order valence-corrected chi connectivity index (χ4v) is 3.07. The number of halogens is 2. The lowest BCUT2D eigenvalue weighted by Gasteiger charge is -2.07. The number of anilines is 1. The smallest absolute Gasteiger partial charge is 0.274 e. The number of hydrogen-bond donors (Lipinski definition) is 1. The molecule has 0 saturated heterocycles. The van der Waals surface area contributed by atoms with Gasteiger partial charge in [0.25, 0.3) is 11.6 Å². The highest BCUT2D eigenvalue weighted by atomic mass is 79.9. The van der Waals surface area contributed by atoms with Crippen LogP contribution in [0.25, 0.3) is 0 Å². The van der Waals surface area contributed by atoms with Crippen LogP contribution in [0, 0.1) is 17.0 Å². The summed E-state index contributed by atoms with van der Waals surface area (Å²) in [4.78, 5) is 22.6. The molecule has 21 heavy (non-hydrogen) atoms. The van der Waals surface area contributed by atoms with Crippen molar-refractivity contribution in [2.24, 2.45) is 0 Å². The van der Waals surface area contributed by atoms with Crippen molar-refractivity contribution < 1.29 is 9.72 Å². The largest absolute Gasteiger partial charge is 0.322 e. The number of carbonyl (C=O) groups is 1. The van der Waals surface area contributed by atoms with Gasteiger partial charge in [-0.15, -0.1) is 0 Å². The first-order valence-electron chi connectivity index (χ1n) is 5.89. The van der Waals surface area contributed by atoms with Gasteiger partial charge in [-0.3, -0.25) is 14.9 Å². The Morgan fingerprint density at radius 1 is 1.14 bits per heavy atom. The van der Waals surface area contributed by atoms with Crippen molar-refractivity contribution in [1.29, 1.82) is 0 Å². The average Bonchev–Trinajstić information content (AvgIpc) is 2.39. The van der Waals surface area contributed by atoms with Crippen LogP contribution in [-0.2, 0) is 0 Å². The predicted molar refractivity (Wildman–Crippen MR) is 87.6 cm³/mol. The van der Waals surface area contributed by atoms with Crippen LogP contribution in [-0.4, -0.2) is 10.8 Å². The van der Waals surface area contributed by atoms with E-state index in [1.165, 1.54) is 6.07 Å². The highest BCUT2D eigenvalue weighted by Crippen LogP contribution is 2.24. The van der Waals surface area contributed by atoms with Gasteiger partial charge in [0, 0.05) is 31.8 Å². The van der Waals surface area contributed by atoms with Crippen molar-refractivity contribution in [1.82, 2.24) is 0 Å². The molecule has 0 unspecified atom stereocenters. The summed E-state index contributed by atoms with van der Waals surface area (Å²) in [5.74, 6) is -0.338. The fraction of sp³-hybridized carbons (Fsp3) is 0.0714. The Morgan fingerprint density at radius 2 is 1.76 bits per heavy atom. The van der Waals surface area contributed by atoms with E-state index in [0.717, 1.165) is 8.95 Å². The van der Waals surface area contributed by atoms with Crippen LogP contribution in [0.15, 0.2) is 45.3 Å². The van der Waals surface area contributed by atoms with Gasteiger partial charge in [0.2, 0.25) is 0 Å². The SMILES string of the molecule is Cc1ccc(NC(=O)c2cc(Br)cc(Br)c2)cc1[N+](=O)[O-]. The average molecular weight is 414 g/mol. The van der Waals surface area contributed by atoms with Gasteiger partial charge in [-0.2, -0.15) is 0 Å². The summed E-state index contributed by atoms with van der Waals surface area (Å²) < 4.78 is 1.52. The van der Waals surface area contributed by atoms with Crippen LogP contribution < -0.4 is 5.32 Å². The number of amides is 1. The molecule has 7 heteroatoms. The summed E-state index contributed by atoms with van der Waals surface area (Å²) in [6, 6.07) is 9.73. The molecule has 0 atom stereocenters. The molecule has 0 spiro atoms. The zero-order valence-electron chi connectivity index (χ0n) is 10.9. The highest BCUT2D eigenvalue weighted by molar-refractivity contribution is 9.11. The third-order valence-electron chi connectivity index (χ3n) is 2.79. The Labute approximate surface area is 137 Å². The minimum atomic E-state index is -0.472. The molecule has 1 N–H and O–H groups in total. The van der Waals surface area contributed by atoms with Gasteiger partial charge in [-0.1, -0.05) is 37.9 Å². The molecular formula is C14H10Br2N2O3. The van der Waals surface area contributed by atoms with Gasteiger partial charge in [-0.25, -0.2) is 0 Å². The van der Waals surface area contributed by atoms with Crippen LogP contribution in [0.5, 0.6) is 0 Å². The Hall–Kier alpha value is -1.73. The number of benzene rings is 2. The van der Waals surface area contributed by atoms with Crippen LogP contribution in [0.4, 0.5) is 11.4 Å². The second-order valence-electron chi connectivity index (χ2n) is 4.37. The maximum absolute atomic E-state index is 12.2. The molecule has 0 saturated carbocycles. The minimum Gasteiger partial charge on any atom is -0.322 e. The molecule has 0 aliphatic heterocycles. The summed E-state index contributed by atoms with van der Waals surface area (Å²) in [6.07, 6.45) is 0. The van der Waals surface area contributed by atoms with Crippen molar-refractivity contribution in [3.05, 3.63) is 66.6 Å². The molecule has 0 heterocycles. The van der Waals surface area contributed by atoms with E-state index in [4.69, 9.17) is 0 Å². The van der Waals surface area contributed by atoms with Gasteiger partial charge in [0.15, 0.2) is 0 Å². The van der Waals surface area contributed by atoms with E-state index in [0.29, 0.717) is 16.8 Å². The molecule has 1 amide bonds. The topological polar surface area (TPSA) is 72.2 Å². The zero-order chi connectivity index (χ0) is 15.6. The number of rotatable bonds is 3. The summed E-state index contributed by atoms with van der Waals surface area (Å²) in [7, 11) is 0. The van der Waals surface area contributed by atoms with Gasteiger partial charge < -0.3 is 5.32 Å². The summed E-state index contributed by atoms with van der Waals surface area (Å²) in [5, 5.41) is 13.5. The molecule has 0 bridgehead atoms. The molecule has 0 aliphatic rings. The molecule has 108 valence electrons. The molecule has 2 aromatic carbocycles. The standard InChI is InChI=1S/C14H10Br2N2O3/c1-8-2-3-12(7-13(8)18(20)21)17-14(19)9-4-10(15)6-11(16)5-9/h2-7H,1H3,(H,17,19). The number of nitro benzene ring substituents is 1. The Morgan fingerprint density at radius 3 is 2.33 bits per heavy atom. The Kier molecular flexibility index (Phi) is 4.74. The van der Waals surface area contributed by atoms with Crippen molar-refractivity contribution >= 4 is 49.1 Å². The Balaban J connectivity index is 2.27. The highest BCUT2D eigenvalue weighted by Gasteiger charge is 2.13. The van der Waals surface area contributed by atoms with Crippen LogP contribution in [0.3, 0.4) is 0 Å². The van der Waals surface area contributed by atoms with E-state index < -0.39 is 4.92 Å². The lowest BCUT2D eigenvalue weighted by molar-refractivity contribution is -0.385.